The van der Waals surface area contributed by atoms with Crippen LogP contribution < -0.4 is 5.32 Å². The minimum atomic E-state index is 0.342. The molecule has 0 aromatic heterocycles. The van der Waals surface area contributed by atoms with Crippen molar-refractivity contribution in [1.29, 1.82) is 0 Å². The molecule has 2 aliphatic carbocycles. The molecular formula is C20H22ClN. The zero-order chi connectivity index (χ0) is 15.0. The predicted molar refractivity (Wildman–Crippen MR) is 92.6 cm³/mol. The monoisotopic (exact) mass is 311 g/mol. The van der Waals surface area contributed by atoms with Crippen LogP contribution >= 0.6 is 11.6 Å². The Morgan fingerprint density at radius 3 is 2.36 bits per heavy atom. The Labute approximate surface area is 137 Å². The Balaban J connectivity index is 1.40. The van der Waals surface area contributed by atoms with Crippen LogP contribution in [-0.4, -0.2) is 12.6 Å². The zero-order valence-electron chi connectivity index (χ0n) is 12.8. The van der Waals surface area contributed by atoms with Gasteiger partial charge in [-0.3, -0.25) is 0 Å². The maximum Gasteiger partial charge on any atom is 0.0406 e. The highest BCUT2D eigenvalue weighted by Gasteiger charge is 2.43. The predicted octanol–water partition coefficient (Wildman–Crippen LogP) is 4.91. The van der Waals surface area contributed by atoms with Gasteiger partial charge >= 0.3 is 0 Å². The van der Waals surface area contributed by atoms with E-state index < -0.39 is 0 Å². The van der Waals surface area contributed by atoms with Crippen LogP contribution in [0.3, 0.4) is 0 Å². The summed E-state index contributed by atoms with van der Waals surface area (Å²) in [4.78, 5) is 0. The third kappa shape index (κ3) is 2.68. The first-order valence-electron chi connectivity index (χ1n) is 8.31. The van der Waals surface area contributed by atoms with Crippen LogP contribution in [0.25, 0.3) is 0 Å². The smallest absolute Gasteiger partial charge is 0.0406 e. The van der Waals surface area contributed by atoms with Gasteiger partial charge in [0.05, 0.1) is 0 Å². The molecule has 1 nitrogen and oxygen atoms in total. The molecule has 114 valence electrons. The Morgan fingerprint density at radius 1 is 1.00 bits per heavy atom. The first kappa shape index (κ1) is 14.3. The molecule has 2 aromatic rings. The van der Waals surface area contributed by atoms with Gasteiger partial charge in [0.15, 0.2) is 0 Å². The number of hydrogen-bond donors (Lipinski definition) is 1. The average Bonchev–Trinajstić information content (AvgIpc) is 3.28. The summed E-state index contributed by atoms with van der Waals surface area (Å²) in [6.45, 7) is 1.10. The number of nitrogens with one attached hydrogen (secondary N) is 1. The Morgan fingerprint density at radius 2 is 1.73 bits per heavy atom. The fourth-order valence-electron chi connectivity index (χ4n) is 3.79. The molecule has 2 saturated carbocycles. The lowest BCUT2D eigenvalue weighted by Crippen LogP contribution is -2.44. The number of rotatable bonds is 5. The van der Waals surface area contributed by atoms with Gasteiger partial charge in [-0.25, -0.2) is 0 Å². The van der Waals surface area contributed by atoms with Gasteiger partial charge in [-0.15, -0.1) is 0 Å². The molecule has 2 fully saturated rings. The summed E-state index contributed by atoms with van der Waals surface area (Å²) >= 11 is 6.03. The summed E-state index contributed by atoms with van der Waals surface area (Å²) in [5.41, 5.74) is 3.27. The molecule has 22 heavy (non-hydrogen) atoms. The minimum Gasteiger partial charge on any atom is -0.312 e. The van der Waals surface area contributed by atoms with Gasteiger partial charge in [0.2, 0.25) is 0 Å². The molecule has 0 amide bonds. The molecule has 0 spiro atoms. The second-order valence-corrected chi connectivity index (χ2v) is 7.32. The van der Waals surface area contributed by atoms with Crippen molar-refractivity contribution in [1.82, 2.24) is 5.32 Å². The first-order chi connectivity index (χ1) is 10.8. The summed E-state index contributed by atoms with van der Waals surface area (Å²) in [6, 6.07) is 20.0. The average molecular weight is 312 g/mol. The van der Waals surface area contributed by atoms with Gasteiger partial charge in [0, 0.05) is 28.9 Å². The SMILES string of the molecule is Clc1ccc(C2(CN[C@H]3CC3c3ccccc3)CCC2)cc1. The van der Waals surface area contributed by atoms with E-state index in [1.807, 2.05) is 12.1 Å². The Hall–Kier alpha value is -1.31. The first-order valence-corrected chi connectivity index (χ1v) is 8.69. The van der Waals surface area contributed by atoms with Gasteiger partial charge in [-0.2, -0.15) is 0 Å². The van der Waals surface area contributed by atoms with Crippen LogP contribution in [0.15, 0.2) is 54.6 Å². The maximum atomic E-state index is 6.03. The summed E-state index contributed by atoms with van der Waals surface area (Å²) in [5, 5.41) is 4.66. The van der Waals surface area contributed by atoms with Crippen LogP contribution in [0.2, 0.25) is 5.02 Å². The van der Waals surface area contributed by atoms with E-state index in [0.717, 1.165) is 11.6 Å². The van der Waals surface area contributed by atoms with Crippen molar-refractivity contribution in [3.63, 3.8) is 0 Å². The molecular weight excluding hydrogens is 290 g/mol. The van der Waals surface area contributed by atoms with Gasteiger partial charge < -0.3 is 5.32 Å². The van der Waals surface area contributed by atoms with Crippen molar-refractivity contribution in [2.45, 2.75) is 43.1 Å². The van der Waals surface area contributed by atoms with Crippen molar-refractivity contribution in [3.8, 4) is 0 Å². The Kier molecular flexibility index (Phi) is 3.71. The van der Waals surface area contributed by atoms with Gasteiger partial charge in [-0.1, -0.05) is 60.5 Å². The fraction of sp³-hybridized carbons (Fsp3) is 0.400. The van der Waals surface area contributed by atoms with E-state index in [1.165, 1.54) is 36.8 Å². The highest BCUT2D eigenvalue weighted by atomic mass is 35.5. The normalized spacial score (nSPS) is 25.5. The molecule has 1 N–H and O–H groups in total. The summed E-state index contributed by atoms with van der Waals surface area (Å²) in [6.07, 6.45) is 5.21. The van der Waals surface area contributed by atoms with E-state index in [1.54, 1.807) is 0 Å². The number of hydrogen-bond acceptors (Lipinski definition) is 1. The number of benzene rings is 2. The molecule has 0 heterocycles. The van der Waals surface area contributed by atoms with Crippen molar-refractivity contribution in [2.24, 2.45) is 0 Å². The number of halogens is 1. The zero-order valence-corrected chi connectivity index (χ0v) is 13.5. The van der Waals surface area contributed by atoms with Crippen LogP contribution in [0.5, 0.6) is 0 Å². The highest BCUT2D eigenvalue weighted by Crippen LogP contribution is 2.46. The quantitative estimate of drug-likeness (QED) is 0.827. The molecule has 0 bridgehead atoms. The van der Waals surface area contributed by atoms with Gasteiger partial charge in [0.1, 0.15) is 0 Å². The minimum absolute atomic E-state index is 0.342. The maximum absolute atomic E-state index is 6.03. The van der Waals surface area contributed by atoms with Crippen molar-refractivity contribution in [3.05, 3.63) is 70.7 Å². The van der Waals surface area contributed by atoms with E-state index in [4.69, 9.17) is 11.6 Å². The van der Waals surface area contributed by atoms with E-state index in [2.05, 4.69) is 47.8 Å². The van der Waals surface area contributed by atoms with Crippen molar-refractivity contribution < 1.29 is 0 Å². The van der Waals surface area contributed by atoms with E-state index in [9.17, 15) is 0 Å². The molecule has 0 aliphatic heterocycles. The second-order valence-electron chi connectivity index (χ2n) is 6.88. The molecule has 1 unspecified atom stereocenters. The molecule has 2 aliphatic rings. The molecule has 0 saturated heterocycles. The van der Waals surface area contributed by atoms with Crippen LogP contribution in [0, 0.1) is 0 Å². The van der Waals surface area contributed by atoms with Crippen LogP contribution in [0.1, 0.15) is 42.7 Å². The molecule has 2 aromatic carbocycles. The van der Waals surface area contributed by atoms with Gasteiger partial charge in [0.25, 0.3) is 0 Å². The van der Waals surface area contributed by atoms with E-state index in [0.29, 0.717) is 17.4 Å². The van der Waals surface area contributed by atoms with Crippen molar-refractivity contribution in [2.75, 3.05) is 6.54 Å². The lowest BCUT2D eigenvalue weighted by atomic mass is 9.64. The molecule has 2 atom stereocenters. The standard InChI is InChI=1S/C20H22ClN/c21-17-9-7-16(8-10-17)20(11-4-12-20)14-22-19-13-18(19)15-5-2-1-3-6-15/h1-3,5-10,18-19,22H,4,11-14H2/t18?,19-/m0/s1. The lowest BCUT2D eigenvalue weighted by molar-refractivity contribution is 0.232. The van der Waals surface area contributed by atoms with Gasteiger partial charge in [-0.05, 0) is 42.5 Å². The van der Waals surface area contributed by atoms with Crippen molar-refractivity contribution >= 4 is 11.6 Å². The topological polar surface area (TPSA) is 12.0 Å². The Bertz CT molecular complexity index is 631. The summed E-state index contributed by atoms with van der Waals surface area (Å²) in [5.74, 6) is 0.712. The fourth-order valence-corrected chi connectivity index (χ4v) is 3.92. The van der Waals surface area contributed by atoms with Crippen LogP contribution in [0.4, 0.5) is 0 Å². The van der Waals surface area contributed by atoms with Crippen LogP contribution in [-0.2, 0) is 5.41 Å². The third-order valence-corrected chi connectivity index (χ3v) is 5.74. The molecule has 4 rings (SSSR count). The highest BCUT2D eigenvalue weighted by molar-refractivity contribution is 6.30. The molecule has 0 radical (unpaired) electrons. The largest absolute Gasteiger partial charge is 0.312 e. The summed E-state index contributed by atoms with van der Waals surface area (Å²) < 4.78 is 0. The van der Waals surface area contributed by atoms with E-state index >= 15 is 0 Å². The lowest BCUT2D eigenvalue weighted by Gasteiger charge is -2.43. The van der Waals surface area contributed by atoms with E-state index in [-0.39, 0.29) is 0 Å². The summed E-state index contributed by atoms with van der Waals surface area (Å²) in [7, 11) is 0. The molecule has 2 heteroatoms. The third-order valence-electron chi connectivity index (χ3n) is 5.49. The second kappa shape index (κ2) is 5.72.